The van der Waals surface area contributed by atoms with Crippen molar-refractivity contribution in [2.24, 2.45) is 5.92 Å². The Morgan fingerprint density at radius 3 is 2.36 bits per heavy atom. The van der Waals surface area contributed by atoms with E-state index in [-0.39, 0.29) is 5.91 Å². The van der Waals surface area contributed by atoms with Crippen LogP contribution in [0.25, 0.3) is 0 Å². The van der Waals surface area contributed by atoms with Crippen molar-refractivity contribution in [3.8, 4) is 0 Å². The summed E-state index contributed by atoms with van der Waals surface area (Å²) in [5, 5.41) is 6.29. The molecule has 0 fully saturated rings. The normalized spacial score (nSPS) is 10.5. The van der Waals surface area contributed by atoms with Gasteiger partial charge >= 0.3 is 0 Å². The molecular weight excluding hydrogens is 272 g/mol. The Morgan fingerprint density at radius 1 is 1.05 bits per heavy atom. The highest BCUT2D eigenvalue weighted by molar-refractivity contribution is 5.92. The van der Waals surface area contributed by atoms with Gasteiger partial charge in [0.05, 0.1) is 6.42 Å². The number of benzene rings is 2. The van der Waals surface area contributed by atoms with Gasteiger partial charge in [-0.1, -0.05) is 43.7 Å². The Kier molecular flexibility index (Phi) is 5.59. The standard InChI is InChI=1S/C19H24N2O/c1-14(2)13-20-17-7-9-18(10-8-17)21-19(22)12-16-6-4-5-15(3)11-16/h4-11,14,20H,12-13H2,1-3H3,(H,21,22). The summed E-state index contributed by atoms with van der Waals surface area (Å²) in [6.07, 6.45) is 0.398. The number of hydrogen-bond donors (Lipinski definition) is 2. The third kappa shape index (κ3) is 5.24. The second kappa shape index (κ2) is 7.64. The molecule has 0 atom stereocenters. The zero-order chi connectivity index (χ0) is 15.9. The van der Waals surface area contributed by atoms with Crippen LogP contribution in [0, 0.1) is 12.8 Å². The van der Waals surface area contributed by atoms with Gasteiger partial charge in [-0.3, -0.25) is 4.79 Å². The molecule has 0 heterocycles. The van der Waals surface area contributed by atoms with E-state index >= 15 is 0 Å². The molecule has 22 heavy (non-hydrogen) atoms. The minimum Gasteiger partial charge on any atom is -0.385 e. The Morgan fingerprint density at radius 2 is 1.73 bits per heavy atom. The Bertz CT molecular complexity index is 618. The lowest BCUT2D eigenvalue weighted by Crippen LogP contribution is -2.14. The third-order valence-corrected chi connectivity index (χ3v) is 3.33. The molecule has 2 aromatic carbocycles. The van der Waals surface area contributed by atoms with Crippen molar-refractivity contribution in [1.29, 1.82) is 0 Å². The summed E-state index contributed by atoms with van der Waals surface area (Å²) in [7, 11) is 0. The lowest BCUT2D eigenvalue weighted by molar-refractivity contribution is -0.115. The Labute approximate surface area is 132 Å². The van der Waals surface area contributed by atoms with Crippen molar-refractivity contribution in [3.05, 3.63) is 59.7 Å². The van der Waals surface area contributed by atoms with E-state index in [9.17, 15) is 4.79 Å². The number of anilines is 2. The second-order valence-corrected chi connectivity index (χ2v) is 6.07. The topological polar surface area (TPSA) is 41.1 Å². The molecule has 116 valence electrons. The molecule has 2 rings (SSSR count). The number of nitrogens with one attached hydrogen (secondary N) is 2. The SMILES string of the molecule is Cc1cccc(CC(=O)Nc2ccc(NCC(C)C)cc2)c1. The summed E-state index contributed by atoms with van der Waals surface area (Å²) >= 11 is 0. The molecule has 0 spiro atoms. The summed E-state index contributed by atoms with van der Waals surface area (Å²) in [6.45, 7) is 7.32. The largest absolute Gasteiger partial charge is 0.385 e. The molecule has 0 unspecified atom stereocenters. The molecule has 2 aromatic rings. The number of carbonyl (C=O) groups is 1. The highest BCUT2D eigenvalue weighted by atomic mass is 16.1. The fraction of sp³-hybridized carbons (Fsp3) is 0.316. The van der Waals surface area contributed by atoms with Crippen molar-refractivity contribution >= 4 is 17.3 Å². The summed E-state index contributed by atoms with van der Waals surface area (Å²) in [4.78, 5) is 12.1. The van der Waals surface area contributed by atoms with Crippen LogP contribution in [0.2, 0.25) is 0 Å². The van der Waals surface area contributed by atoms with Crippen LogP contribution in [0.1, 0.15) is 25.0 Å². The highest BCUT2D eigenvalue weighted by Gasteiger charge is 2.04. The number of rotatable bonds is 6. The predicted molar refractivity (Wildman–Crippen MR) is 93.3 cm³/mol. The van der Waals surface area contributed by atoms with E-state index in [1.165, 1.54) is 5.56 Å². The Balaban J connectivity index is 1.89. The zero-order valence-corrected chi connectivity index (χ0v) is 13.5. The Hall–Kier alpha value is -2.29. The number of hydrogen-bond acceptors (Lipinski definition) is 2. The van der Waals surface area contributed by atoms with Gasteiger partial charge < -0.3 is 10.6 Å². The average Bonchev–Trinajstić information content (AvgIpc) is 2.46. The van der Waals surface area contributed by atoms with Crippen molar-refractivity contribution in [1.82, 2.24) is 0 Å². The van der Waals surface area contributed by atoms with E-state index in [4.69, 9.17) is 0 Å². The van der Waals surface area contributed by atoms with E-state index in [1.54, 1.807) is 0 Å². The molecule has 0 bridgehead atoms. The maximum absolute atomic E-state index is 12.1. The monoisotopic (exact) mass is 296 g/mol. The summed E-state index contributed by atoms with van der Waals surface area (Å²) < 4.78 is 0. The fourth-order valence-corrected chi connectivity index (χ4v) is 2.21. The molecule has 1 amide bonds. The average molecular weight is 296 g/mol. The number of amides is 1. The van der Waals surface area contributed by atoms with Crippen molar-refractivity contribution in [3.63, 3.8) is 0 Å². The molecule has 0 aliphatic carbocycles. The summed E-state index contributed by atoms with van der Waals surface area (Å²) in [5.74, 6) is 0.613. The molecule has 0 aliphatic rings. The molecule has 3 heteroatoms. The molecule has 0 saturated heterocycles. The van der Waals surface area contributed by atoms with Crippen LogP contribution in [-0.2, 0) is 11.2 Å². The van der Waals surface area contributed by atoms with E-state index in [0.29, 0.717) is 12.3 Å². The minimum atomic E-state index is 0.00786. The van der Waals surface area contributed by atoms with Gasteiger partial charge in [-0.25, -0.2) is 0 Å². The molecule has 0 radical (unpaired) electrons. The molecule has 3 nitrogen and oxygen atoms in total. The van der Waals surface area contributed by atoms with Crippen molar-refractivity contribution in [2.75, 3.05) is 17.2 Å². The first kappa shape index (κ1) is 16.1. The third-order valence-electron chi connectivity index (χ3n) is 3.33. The van der Waals surface area contributed by atoms with Crippen LogP contribution in [0.15, 0.2) is 48.5 Å². The fourth-order valence-electron chi connectivity index (χ4n) is 2.21. The van der Waals surface area contributed by atoms with Crippen LogP contribution < -0.4 is 10.6 Å². The van der Waals surface area contributed by atoms with E-state index in [1.807, 2.05) is 55.5 Å². The van der Waals surface area contributed by atoms with Gasteiger partial charge in [0.15, 0.2) is 0 Å². The molecule has 0 aromatic heterocycles. The molecular formula is C19H24N2O. The smallest absolute Gasteiger partial charge is 0.228 e. The maximum Gasteiger partial charge on any atom is 0.228 e. The van der Waals surface area contributed by atoms with Crippen LogP contribution in [0.4, 0.5) is 11.4 Å². The first-order valence-electron chi connectivity index (χ1n) is 7.72. The van der Waals surface area contributed by atoms with Crippen LogP contribution in [0.5, 0.6) is 0 Å². The zero-order valence-electron chi connectivity index (χ0n) is 13.5. The van der Waals surface area contributed by atoms with Crippen LogP contribution in [-0.4, -0.2) is 12.5 Å². The van der Waals surface area contributed by atoms with Gasteiger partial charge in [-0.05, 0) is 42.7 Å². The molecule has 2 N–H and O–H groups in total. The first-order chi connectivity index (χ1) is 10.5. The quantitative estimate of drug-likeness (QED) is 0.837. The van der Waals surface area contributed by atoms with Crippen molar-refractivity contribution < 1.29 is 4.79 Å². The van der Waals surface area contributed by atoms with E-state index in [0.717, 1.165) is 23.5 Å². The lowest BCUT2D eigenvalue weighted by atomic mass is 10.1. The van der Waals surface area contributed by atoms with E-state index in [2.05, 4.69) is 24.5 Å². The van der Waals surface area contributed by atoms with Crippen LogP contribution in [0.3, 0.4) is 0 Å². The highest BCUT2D eigenvalue weighted by Crippen LogP contribution is 2.14. The maximum atomic E-state index is 12.1. The van der Waals surface area contributed by atoms with Crippen molar-refractivity contribution in [2.45, 2.75) is 27.2 Å². The second-order valence-electron chi connectivity index (χ2n) is 6.07. The van der Waals surface area contributed by atoms with Crippen LogP contribution >= 0.6 is 0 Å². The minimum absolute atomic E-state index is 0.00786. The predicted octanol–water partition coefficient (Wildman–Crippen LogP) is 4.24. The number of carbonyl (C=O) groups excluding carboxylic acids is 1. The van der Waals surface area contributed by atoms with Gasteiger partial charge in [-0.2, -0.15) is 0 Å². The number of aryl methyl sites for hydroxylation is 1. The molecule has 0 aliphatic heterocycles. The summed E-state index contributed by atoms with van der Waals surface area (Å²) in [6, 6.07) is 15.9. The van der Waals surface area contributed by atoms with Gasteiger partial charge in [0.25, 0.3) is 0 Å². The lowest BCUT2D eigenvalue weighted by Gasteiger charge is -2.10. The van der Waals surface area contributed by atoms with Gasteiger partial charge in [0.2, 0.25) is 5.91 Å². The summed E-state index contributed by atoms with van der Waals surface area (Å²) in [5.41, 5.74) is 4.11. The van der Waals surface area contributed by atoms with Gasteiger partial charge in [0.1, 0.15) is 0 Å². The van der Waals surface area contributed by atoms with E-state index < -0.39 is 0 Å². The first-order valence-corrected chi connectivity index (χ1v) is 7.72. The van der Waals surface area contributed by atoms with Gasteiger partial charge in [0, 0.05) is 17.9 Å². The van der Waals surface area contributed by atoms with Gasteiger partial charge in [-0.15, -0.1) is 0 Å². The molecule has 0 saturated carbocycles.